The standard InChI is InChI=1S/C19H16Cl2N4O/c1-11-9-12(2)23-19(22-11)25-15-6-4-14(5-7-15)24-18(26)16-8-3-13(20)10-17(16)21/h3-10H,1-2H3,(H,24,26)(H,22,23,25). The van der Waals surface area contributed by atoms with Gasteiger partial charge >= 0.3 is 0 Å². The molecule has 7 heteroatoms. The van der Waals surface area contributed by atoms with Crippen molar-refractivity contribution in [2.75, 3.05) is 10.6 Å². The largest absolute Gasteiger partial charge is 0.324 e. The van der Waals surface area contributed by atoms with Gasteiger partial charge in [0.15, 0.2) is 0 Å². The molecule has 0 atom stereocenters. The van der Waals surface area contributed by atoms with Gasteiger partial charge in [0.05, 0.1) is 10.6 Å². The second-order valence-corrected chi connectivity index (χ2v) is 6.60. The van der Waals surface area contributed by atoms with E-state index in [-0.39, 0.29) is 5.91 Å². The number of hydrogen-bond donors (Lipinski definition) is 2. The van der Waals surface area contributed by atoms with Crippen LogP contribution in [0.4, 0.5) is 17.3 Å². The quantitative estimate of drug-likeness (QED) is 0.629. The summed E-state index contributed by atoms with van der Waals surface area (Å²) in [4.78, 5) is 21.0. The molecular formula is C19H16Cl2N4O. The first-order chi connectivity index (χ1) is 12.4. The SMILES string of the molecule is Cc1cc(C)nc(Nc2ccc(NC(=O)c3ccc(Cl)cc3Cl)cc2)n1. The first-order valence-corrected chi connectivity index (χ1v) is 8.62. The Morgan fingerprint density at radius 2 is 1.50 bits per heavy atom. The van der Waals surface area contributed by atoms with Crippen molar-refractivity contribution in [2.24, 2.45) is 0 Å². The fourth-order valence-electron chi connectivity index (χ4n) is 2.42. The van der Waals surface area contributed by atoms with Crippen LogP contribution in [0.3, 0.4) is 0 Å². The topological polar surface area (TPSA) is 66.9 Å². The summed E-state index contributed by atoms with van der Waals surface area (Å²) in [6.45, 7) is 3.83. The van der Waals surface area contributed by atoms with Gasteiger partial charge in [-0.1, -0.05) is 23.2 Å². The lowest BCUT2D eigenvalue weighted by molar-refractivity contribution is 0.102. The van der Waals surface area contributed by atoms with Gasteiger partial charge in [-0.05, 0) is 62.4 Å². The van der Waals surface area contributed by atoms with Crippen molar-refractivity contribution in [2.45, 2.75) is 13.8 Å². The van der Waals surface area contributed by atoms with Crippen LogP contribution in [0.1, 0.15) is 21.7 Å². The smallest absolute Gasteiger partial charge is 0.257 e. The molecule has 132 valence electrons. The molecule has 1 amide bonds. The lowest BCUT2D eigenvalue weighted by atomic mass is 10.2. The van der Waals surface area contributed by atoms with Gasteiger partial charge in [-0.2, -0.15) is 0 Å². The molecule has 0 aliphatic carbocycles. The van der Waals surface area contributed by atoms with Crippen LogP contribution in [0.2, 0.25) is 10.0 Å². The maximum Gasteiger partial charge on any atom is 0.257 e. The lowest BCUT2D eigenvalue weighted by Crippen LogP contribution is -2.12. The van der Waals surface area contributed by atoms with Crippen molar-refractivity contribution < 1.29 is 4.79 Å². The van der Waals surface area contributed by atoms with Crippen molar-refractivity contribution in [1.29, 1.82) is 0 Å². The zero-order chi connectivity index (χ0) is 18.7. The van der Waals surface area contributed by atoms with E-state index in [1.807, 2.05) is 32.0 Å². The molecule has 0 saturated carbocycles. The molecule has 5 nitrogen and oxygen atoms in total. The van der Waals surface area contributed by atoms with Crippen LogP contribution in [-0.2, 0) is 0 Å². The van der Waals surface area contributed by atoms with E-state index in [4.69, 9.17) is 23.2 Å². The normalized spacial score (nSPS) is 10.5. The van der Waals surface area contributed by atoms with E-state index in [0.717, 1.165) is 17.1 Å². The third kappa shape index (κ3) is 4.50. The minimum absolute atomic E-state index is 0.301. The van der Waals surface area contributed by atoms with Crippen LogP contribution in [0.15, 0.2) is 48.5 Å². The number of benzene rings is 2. The molecule has 0 bridgehead atoms. The van der Waals surface area contributed by atoms with Gasteiger partial charge in [-0.25, -0.2) is 9.97 Å². The summed E-state index contributed by atoms with van der Waals surface area (Å²) in [5.74, 6) is 0.234. The molecule has 1 aromatic heterocycles. The summed E-state index contributed by atoms with van der Waals surface area (Å²) in [7, 11) is 0. The number of aryl methyl sites for hydroxylation is 2. The van der Waals surface area contributed by atoms with Crippen LogP contribution < -0.4 is 10.6 Å². The van der Waals surface area contributed by atoms with Gasteiger partial charge in [-0.15, -0.1) is 0 Å². The number of amides is 1. The van der Waals surface area contributed by atoms with Crippen LogP contribution in [0, 0.1) is 13.8 Å². The number of carbonyl (C=O) groups is 1. The highest BCUT2D eigenvalue weighted by Gasteiger charge is 2.11. The maximum atomic E-state index is 12.3. The fourth-order valence-corrected chi connectivity index (χ4v) is 2.91. The van der Waals surface area contributed by atoms with Crippen LogP contribution in [-0.4, -0.2) is 15.9 Å². The Hall–Kier alpha value is -2.63. The number of rotatable bonds is 4. The van der Waals surface area contributed by atoms with Gasteiger partial charge < -0.3 is 10.6 Å². The number of nitrogens with zero attached hydrogens (tertiary/aromatic N) is 2. The van der Waals surface area contributed by atoms with Gasteiger partial charge in [0.1, 0.15) is 0 Å². The number of nitrogens with one attached hydrogen (secondary N) is 2. The summed E-state index contributed by atoms with van der Waals surface area (Å²) in [5.41, 5.74) is 3.61. The Morgan fingerprint density at radius 1 is 0.885 bits per heavy atom. The zero-order valence-corrected chi connectivity index (χ0v) is 15.7. The summed E-state index contributed by atoms with van der Waals surface area (Å²) in [6.07, 6.45) is 0. The number of aromatic nitrogens is 2. The molecule has 0 fully saturated rings. The molecule has 0 saturated heterocycles. The van der Waals surface area contributed by atoms with Gasteiger partial charge in [0.25, 0.3) is 5.91 Å². The number of carbonyl (C=O) groups excluding carboxylic acids is 1. The Bertz CT molecular complexity index is 938. The summed E-state index contributed by atoms with van der Waals surface area (Å²) < 4.78 is 0. The summed E-state index contributed by atoms with van der Waals surface area (Å²) in [6, 6.07) is 13.9. The molecule has 1 heterocycles. The molecule has 0 aliphatic rings. The molecule has 2 aromatic carbocycles. The molecule has 3 rings (SSSR count). The van der Waals surface area contributed by atoms with Crippen LogP contribution in [0.25, 0.3) is 0 Å². The highest BCUT2D eigenvalue weighted by molar-refractivity contribution is 6.37. The minimum atomic E-state index is -0.301. The number of hydrogen-bond acceptors (Lipinski definition) is 4. The molecule has 0 aliphatic heterocycles. The minimum Gasteiger partial charge on any atom is -0.324 e. The maximum absolute atomic E-state index is 12.3. The van der Waals surface area contributed by atoms with E-state index in [1.165, 1.54) is 6.07 Å². The highest BCUT2D eigenvalue weighted by Crippen LogP contribution is 2.23. The van der Waals surface area contributed by atoms with E-state index < -0.39 is 0 Å². The second kappa shape index (κ2) is 7.72. The Morgan fingerprint density at radius 3 is 2.12 bits per heavy atom. The number of halogens is 2. The molecule has 2 N–H and O–H groups in total. The molecule has 0 spiro atoms. The Kier molecular flexibility index (Phi) is 5.40. The Labute approximate surface area is 161 Å². The predicted molar refractivity (Wildman–Crippen MR) is 106 cm³/mol. The molecule has 0 radical (unpaired) electrons. The van der Waals surface area contributed by atoms with E-state index in [0.29, 0.717) is 27.2 Å². The van der Waals surface area contributed by atoms with Gasteiger partial charge in [0.2, 0.25) is 5.95 Å². The van der Waals surface area contributed by atoms with Gasteiger partial charge in [-0.3, -0.25) is 4.79 Å². The average Bonchev–Trinajstić information content (AvgIpc) is 2.55. The summed E-state index contributed by atoms with van der Waals surface area (Å²) >= 11 is 11.9. The molecule has 0 unspecified atom stereocenters. The molecule has 26 heavy (non-hydrogen) atoms. The van der Waals surface area contributed by atoms with Crippen LogP contribution >= 0.6 is 23.2 Å². The van der Waals surface area contributed by atoms with Crippen LogP contribution in [0.5, 0.6) is 0 Å². The Balaban J connectivity index is 1.70. The third-order valence-corrected chi connectivity index (χ3v) is 4.10. The monoisotopic (exact) mass is 386 g/mol. The predicted octanol–water partition coefficient (Wildman–Crippen LogP) is 5.40. The van der Waals surface area contributed by atoms with E-state index in [9.17, 15) is 4.79 Å². The van der Waals surface area contributed by atoms with E-state index in [2.05, 4.69) is 20.6 Å². The highest BCUT2D eigenvalue weighted by atomic mass is 35.5. The van der Waals surface area contributed by atoms with Crippen molar-refractivity contribution in [1.82, 2.24) is 9.97 Å². The fraction of sp³-hybridized carbons (Fsp3) is 0.105. The van der Waals surface area contributed by atoms with E-state index >= 15 is 0 Å². The lowest BCUT2D eigenvalue weighted by Gasteiger charge is -2.09. The van der Waals surface area contributed by atoms with Crippen molar-refractivity contribution in [3.05, 3.63) is 75.5 Å². The molecule has 3 aromatic rings. The van der Waals surface area contributed by atoms with Crippen molar-refractivity contribution >= 4 is 46.4 Å². The zero-order valence-electron chi connectivity index (χ0n) is 14.2. The van der Waals surface area contributed by atoms with E-state index in [1.54, 1.807) is 24.3 Å². The number of anilines is 3. The second-order valence-electron chi connectivity index (χ2n) is 5.75. The third-order valence-electron chi connectivity index (χ3n) is 3.56. The van der Waals surface area contributed by atoms with Crippen molar-refractivity contribution in [3.8, 4) is 0 Å². The van der Waals surface area contributed by atoms with Gasteiger partial charge in [0, 0.05) is 27.8 Å². The first kappa shape index (κ1) is 18.2. The molecular weight excluding hydrogens is 371 g/mol. The first-order valence-electron chi connectivity index (χ1n) is 7.86. The van der Waals surface area contributed by atoms with Crippen molar-refractivity contribution in [3.63, 3.8) is 0 Å². The average molecular weight is 387 g/mol. The summed E-state index contributed by atoms with van der Waals surface area (Å²) in [5, 5.41) is 6.73.